The Morgan fingerprint density at radius 1 is 1.12 bits per heavy atom. The number of methoxy groups -OCH3 is 2. The molecule has 3 aliphatic rings. The standard InChI is InChI=1S/C32H40N2O7/c1-21-32(31(37)39-3)19-24(17-29(35)33-15-14-23-11-6-7-13-26(23)38-2)30(36)34(20-25-12-8-16-40-25)28(32)18-27(41-21)22-9-4-5-10-22/h6-8,11-13,16,18,21-22,24,27H,4-5,9-10,14-15,17,19-20H2,1-3H3,(H,33,35)/t21-,24+,27-,32+/m1/s1. The number of piperidine rings is 1. The van der Waals surface area contributed by atoms with Crippen molar-refractivity contribution >= 4 is 17.8 Å². The van der Waals surface area contributed by atoms with Crippen LogP contribution in [0.5, 0.6) is 5.75 Å². The summed E-state index contributed by atoms with van der Waals surface area (Å²) in [6.07, 6.45) is 7.87. The largest absolute Gasteiger partial charge is 0.496 e. The molecule has 0 bridgehead atoms. The Hall–Kier alpha value is -3.59. The summed E-state index contributed by atoms with van der Waals surface area (Å²) in [5.74, 6) is 0.0491. The predicted octanol–water partition coefficient (Wildman–Crippen LogP) is 4.41. The third kappa shape index (κ3) is 5.77. The zero-order valence-electron chi connectivity index (χ0n) is 24.1. The van der Waals surface area contributed by atoms with Gasteiger partial charge in [0, 0.05) is 24.6 Å². The molecular formula is C32H40N2O7. The summed E-state index contributed by atoms with van der Waals surface area (Å²) < 4.78 is 22.9. The third-order valence-corrected chi connectivity index (χ3v) is 8.96. The molecule has 1 aromatic carbocycles. The average Bonchev–Trinajstić information content (AvgIpc) is 3.70. The minimum Gasteiger partial charge on any atom is -0.496 e. The first kappa shape index (κ1) is 28.9. The molecule has 9 nitrogen and oxygen atoms in total. The van der Waals surface area contributed by atoms with Gasteiger partial charge in [0.2, 0.25) is 11.8 Å². The number of esters is 1. The molecule has 3 heterocycles. The second-order valence-corrected chi connectivity index (χ2v) is 11.3. The van der Waals surface area contributed by atoms with Gasteiger partial charge in [0.25, 0.3) is 0 Å². The zero-order valence-corrected chi connectivity index (χ0v) is 24.1. The van der Waals surface area contributed by atoms with Crippen LogP contribution in [0.2, 0.25) is 0 Å². The number of para-hydroxylation sites is 1. The van der Waals surface area contributed by atoms with Crippen molar-refractivity contribution in [2.45, 2.75) is 70.6 Å². The number of carbonyl (C=O) groups excluding carboxylic acids is 3. The quantitative estimate of drug-likeness (QED) is 0.426. The number of amides is 2. The highest BCUT2D eigenvalue weighted by atomic mass is 16.5. The molecule has 0 spiro atoms. The minimum atomic E-state index is -1.22. The number of carbonyl (C=O) groups is 3. The van der Waals surface area contributed by atoms with Gasteiger partial charge in [0.1, 0.15) is 16.9 Å². The van der Waals surface area contributed by atoms with Crippen LogP contribution in [-0.4, -0.2) is 55.7 Å². The van der Waals surface area contributed by atoms with E-state index >= 15 is 0 Å². The number of hydrogen-bond donors (Lipinski definition) is 1. The maximum absolute atomic E-state index is 14.1. The highest BCUT2D eigenvalue weighted by molar-refractivity contribution is 5.92. The first-order chi connectivity index (χ1) is 19.9. The van der Waals surface area contributed by atoms with Crippen molar-refractivity contribution in [1.29, 1.82) is 0 Å². The van der Waals surface area contributed by atoms with Gasteiger partial charge in [-0.15, -0.1) is 0 Å². The van der Waals surface area contributed by atoms with E-state index in [9.17, 15) is 14.4 Å². The molecule has 5 rings (SSSR count). The lowest BCUT2D eigenvalue weighted by molar-refractivity contribution is -0.178. The van der Waals surface area contributed by atoms with Gasteiger partial charge in [-0.05, 0) is 68.4 Å². The molecule has 1 saturated carbocycles. The van der Waals surface area contributed by atoms with E-state index < -0.39 is 23.4 Å². The topological polar surface area (TPSA) is 107 Å². The van der Waals surface area contributed by atoms with Crippen molar-refractivity contribution in [2.24, 2.45) is 17.3 Å². The summed E-state index contributed by atoms with van der Waals surface area (Å²) >= 11 is 0. The SMILES string of the molecule is COC(=O)[C@]12C[C@H](CC(=O)NCCc3ccccc3OC)C(=O)N(Cc3ccco3)C1=C[C@H](C1CCCC1)O[C@@H]2C. The number of rotatable bonds is 10. The van der Waals surface area contributed by atoms with Crippen molar-refractivity contribution in [3.8, 4) is 5.75 Å². The lowest BCUT2D eigenvalue weighted by Crippen LogP contribution is -2.60. The summed E-state index contributed by atoms with van der Waals surface area (Å²) in [5.41, 5.74) is 0.375. The second kappa shape index (κ2) is 12.5. The summed E-state index contributed by atoms with van der Waals surface area (Å²) in [4.78, 5) is 42.5. The average molecular weight is 565 g/mol. The van der Waals surface area contributed by atoms with Crippen LogP contribution in [0, 0.1) is 17.3 Å². The molecule has 1 saturated heterocycles. The lowest BCUT2D eigenvalue weighted by Gasteiger charge is -2.52. The Balaban J connectivity index is 1.40. The number of nitrogens with one attached hydrogen (secondary N) is 1. The molecule has 1 N–H and O–H groups in total. The van der Waals surface area contributed by atoms with E-state index in [1.165, 1.54) is 7.11 Å². The smallest absolute Gasteiger partial charge is 0.320 e. The first-order valence-corrected chi connectivity index (χ1v) is 14.6. The van der Waals surface area contributed by atoms with Gasteiger partial charge < -0.3 is 28.8 Å². The summed E-state index contributed by atoms with van der Waals surface area (Å²) in [6, 6.07) is 11.2. The van der Waals surface area contributed by atoms with E-state index in [0.29, 0.717) is 30.3 Å². The Morgan fingerprint density at radius 2 is 1.90 bits per heavy atom. The number of nitrogens with zero attached hydrogens (tertiary/aromatic N) is 1. The van der Waals surface area contributed by atoms with Crippen LogP contribution in [0.15, 0.2) is 58.9 Å². The molecule has 1 aromatic heterocycles. The molecule has 2 aliphatic heterocycles. The molecular weight excluding hydrogens is 524 g/mol. The molecule has 0 unspecified atom stereocenters. The molecule has 2 fully saturated rings. The van der Waals surface area contributed by atoms with E-state index in [1.54, 1.807) is 30.4 Å². The number of furan rings is 1. The monoisotopic (exact) mass is 564 g/mol. The molecule has 1 aliphatic carbocycles. The Bertz CT molecular complexity index is 1270. The van der Waals surface area contributed by atoms with Crippen LogP contribution in [-0.2, 0) is 36.8 Å². The van der Waals surface area contributed by atoms with Gasteiger partial charge in [-0.1, -0.05) is 31.0 Å². The molecule has 220 valence electrons. The number of likely N-dealkylation sites (tertiary alicyclic amines) is 1. The Labute approximate surface area is 241 Å². The van der Waals surface area contributed by atoms with Crippen molar-refractivity contribution in [3.63, 3.8) is 0 Å². The van der Waals surface area contributed by atoms with Gasteiger partial charge in [-0.25, -0.2) is 0 Å². The maximum atomic E-state index is 14.1. The van der Waals surface area contributed by atoms with E-state index in [0.717, 1.165) is 37.0 Å². The van der Waals surface area contributed by atoms with Gasteiger partial charge in [0.05, 0.1) is 39.2 Å². The predicted molar refractivity (Wildman–Crippen MR) is 151 cm³/mol. The van der Waals surface area contributed by atoms with E-state index in [-0.39, 0.29) is 37.3 Å². The summed E-state index contributed by atoms with van der Waals surface area (Å²) in [6.45, 7) is 2.44. The van der Waals surface area contributed by atoms with Crippen LogP contribution in [0.1, 0.15) is 56.8 Å². The molecule has 2 amide bonds. The van der Waals surface area contributed by atoms with Crippen molar-refractivity contribution < 1.29 is 33.0 Å². The third-order valence-electron chi connectivity index (χ3n) is 8.96. The highest BCUT2D eigenvalue weighted by Crippen LogP contribution is 2.52. The van der Waals surface area contributed by atoms with Crippen LogP contribution in [0.3, 0.4) is 0 Å². The van der Waals surface area contributed by atoms with Gasteiger partial charge in [-0.3, -0.25) is 14.4 Å². The van der Waals surface area contributed by atoms with Crippen LogP contribution in [0.4, 0.5) is 0 Å². The van der Waals surface area contributed by atoms with Crippen LogP contribution in [0.25, 0.3) is 0 Å². The molecule has 0 radical (unpaired) electrons. The van der Waals surface area contributed by atoms with Crippen LogP contribution < -0.4 is 10.1 Å². The summed E-state index contributed by atoms with van der Waals surface area (Å²) in [5, 5.41) is 2.95. The van der Waals surface area contributed by atoms with Crippen molar-refractivity contribution in [3.05, 3.63) is 65.8 Å². The Morgan fingerprint density at radius 3 is 2.61 bits per heavy atom. The normalized spacial score (nSPS) is 26.3. The molecule has 9 heteroatoms. The minimum absolute atomic E-state index is 0.0514. The fourth-order valence-electron chi connectivity index (χ4n) is 6.81. The number of hydrogen-bond acceptors (Lipinski definition) is 7. The Kier molecular flexibility index (Phi) is 8.82. The van der Waals surface area contributed by atoms with E-state index in [4.69, 9.17) is 18.6 Å². The fourth-order valence-corrected chi connectivity index (χ4v) is 6.81. The van der Waals surface area contributed by atoms with Crippen molar-refractivity contribution in [2.75, 3.05) is 20.8 Å². The molecule has 41 heavy (non-hydrogen) atoms. The lowest BCUT2D eigenvalue weighted by atomic mass is 9.66. The molecule has 2 aromatic rings. The van der Waals surface area contributed by atoms with E-state index in [1.807, 2.05) is 37.3 Å². The first-order valence-electron chi connectivity index (χ1n) is 14.6. The van der Waals surface area contributed by atoms with E-state index in [2.05, 4.69) is 5.32 Å². The summed E-state index contributed by atoms with van der Waals surface area (Å²) in [7, 11) is 2.98. The maximum Gasteiger partial charge on any atom is 0.320 e. The van der Waals surface area contributed by atoms with Gasteiger partial charge >= 0.3 is 5.97 Å². The number of ether oxygens (including phenoxy) is 3. The van der Waals surface area contributed by atoms with Crippen LogP contribution >= 0.6 is 0 Å². The zero-order chi connectivity index (χ0) is 29.0. The number of benzene rings is 1. The molecule has 4 atom stereocenters. The number of fused-ring (bicyclic) bond motifs is 1. The second-order valence-electron chi connectivity index (χ2n) is 11.3. The fraction of sp³-hybridized carbons (Fsp3) is 0.531. The van der Waals surface area contributed by atoms with Gasteiger partial charge in [-0.2, -0.15) is 0 Å². The highest BCUT2D eigenvalue weighted by Gasteiger charge is 2.60. The van der Waals surface area contributed by atoms with Crippen molar-refractivity contribution in [1.82, 2.24) is 10.2 Å². The van der Waals surface area contributed by atoms with Gasteiger partial charge in [0.15, 0.2) is 0 Å².